The van der Waals surface area contributed by atoms with Gasteiger partial charge in [-0.05, 0) is 49.5 Å². The van der Waals surface area contributed by atoms with Crippen molar-refractivity contribution in [3.63, 3.8) is 0 Å². The average Bonchev–Trinajstić information content (AvgIpc) is 2.84. The Hall–Kier alpha value is -4.18. The van der Waals surface area contributed by atoms with Gasteiger partial charge in [-0.2, -0.15) is 0 Å². The highest BCUT2D eigenvalue weighted by molar-refractivity contribution is 7.71. The lowest BCUT2D eigenvalue weighted by Gasteiger charge is -2.18. The van der Waals surface area contributed by atoms with E-state index in [1.165, 1.54) is 23.4 Å². The van der Waals surface area contributed by atoms with Gasteiger partial charge in [-0.3, -0.25) is 9.36 Å². The first-order chi connectivity index (χ1) is 16.4. The molecule has 0 saturated carbocycles. The molecule has 0 fully saturated rings. The summed E-state index contributed by atoms with van der Waals surface area (Å²) < 4.78 is 24.0. The Balaban J connectivity index is 2.23. The standard InChI is InChI=1S/C24H20N2O7S/c1-4-32-22(28)15-13-14-20(27)25(16-9-5-7-11-18(16)30-2)24(34)26(21(14)33-23(15)29)17-10-6-8-12-19(17)31-3/h5-13H,4H2,1-3H3. The van der Waals surface area contributed by atoms with Gasteiger partial charge in [-0.15, -0.1) is 0 Å². The van der Waals surface area contributed by atoms with Gasteiger partial charge in [0.2, 0.25) is 5.71 Å². The number of rotatable bonds is 6. The van der Waals surface area contributed by atoms with E-state index in [0.29, 0.717) is 22.9 Å². The molecule has 0 aliphatic heterocycles. The van der Waals surface area contributed by atoms with Crippen LogP contribution >= 0.6 is 12.2 Å². The fourth-order valence-electron chi connectivity index (χ4n) is 3.58. The maximum atomic E-state index is 13.7. The molecule has 0 atom stereocenters. The van der Waals surface area contributed by atoms with Crippen LogP contribution in [0.3, 0.4) is 0 Å². The van der Waals surface area contributed by atoms with E-state index >= 15 is 0 Å². The SMILES string of the molecule is CCOC(=O)c1cc2c(=O)n(-c3ccccc3OC)c(=S)n(-c3ccccc3OC)c2oc1=O. The zero-order valence-corrected chi connectivity index (χ0v) is 19.4. The minimum Gasteiger partial charge on any atom is -0.495 e. The van der Waals surface area contributed by atoms with Crippen molar-refractivity contribution in [2.24, 2.45) is 0 Å². The quantitative estimate of drug-likeness (QED) is 0.304. The monoisotopic (exact) mass is 480 g/mol. The number of methoxy groups -OCH3 is 2. The van der Waals surface area contributed by atoms with Crippen LogP contribution in [0.1, 0.15) is 17.3 Å². The number of benzene rings is 2. The molecular formula is C24H20N2O7S. The van der Waals surface area contributed by atoms with Crippen molar-refractivity contribution in [1.82, 2.24) is 9.13 Å². The summed E-state index contributed by atoms with van der Waals surface area (Å²) in [6.45, 7) is 1.66. The predicted octanol–water partition coefficient (Wildman–Crippen LogP) is 3.66. The van der Waals surface area contributed by atoms with Gasteiger partial charge in [0.15, 0.2) is 4.77 Å². The Kier molecular flexibility index (Phi) is 6.33. The number of esters is 1. The molecule has 0 aliphatic rings. The van der Waals surface area contributed by atoms with E-state index in [2.05, 4.69) is 0 Å². The van der Waals surface area contributed by atoms with Crippen molar-refractivity contribution in [2.45, 2.75) is 6.92 Å². The van der Waals surface area contributed by atoms with Crippen LogP contribution in [0.2, 0.25) is 0 Å². The van der Waals surface area contributed by atoms with Crippen LogP contribution in [-0.4, -0.2) is 35.9 Å². The Bertz CT molecular complexity index is 1580. The summed E-state index contributed by atoms with van der Waals surface area (Å²) in [5, 5.41) is -0.0620. The molecule has 0 unspecified atom stereocenters. The molecular weight excluding hydrogens is 460 g/mol. The molecule has 10 heteroatoms. The number of aromatic nitrogens is 2. The van der Waals surface area contributed by atoms with Crippen LogP contribution in [-0.2, 0) is 4.74 Å². The van der Waals surface area contributed by atoms with Crippen molar-refractivity contribution < 1.29 is 23.4 Å². The molecule has 0 bridgehead atoms. The second-order valence-corrected chi connectivity index (χ2v) is 7.35. The fourth-order valence-corrected chi connectivity index (χ4v) is 3.94. The van der Waals surface area contributed by atoms with Gasteiger partial charge in [0.1, 0.15) is 22.4 Å². The summed E-state index contributed by atoms with van der Waals surface area (Å²) in [4.78, 5) is 38.7. The van der Waals surface area contributed by atoms with Crippen molar-refractivity contribution in [3.05, 3.63) is 85.7 Å². The maximum Gasteiger partial charge on any atom is 0.352 e. The summed E-state index contributed by atoms with van der Waals surface area (Å²) in [6.07, 6.45) is 0. The lowest BCUT2D eigenvalue weighted by molar-refractivity contribution is 0.0521. The van der Waals surface area contributed by atoms with E-state index in [1.54, 1.807) is 55.5 Å². The Morgan fingerprint density at radius 1 is 0.941 bits per heavy atom. The zero-order valence-electron chi connectivity index (χ0n) is 18.6. The normalized spacial score (nSPS) is 10.8. The Morgan fingerprint density at radius 2 is 1.50 bits per heavy atom. The number of carbonyl (C=O) groups is 1. The molecule has 0 saturated heterocycles. The summed E-state index contributed by atoms with van der Waals surface area (Å²) in [6, 6.07) is 14.9. The third-order valence-electron chi connectivity index (χ3n) is 5.10. The number of nitrogens with zero attached hydrogens (tertiary/aromatic N) is 2. The van der Waals surface area contributed by atoms with Gasteiger partial charge in [-0.25, -0.2) is 14.2 Å². The van der Waals surface area contributed by atoms with E-state index in [-0.39, 0.29) is 22.5 Å². The molecule has 0 aliphatic carbocycles. The molecule has 0 amide bonds. The van der Waals surface area contributed by atoms with E-state index in [4.69, 9.17) is 30.8 Å². The summed E-state index contributed by atoms with van der Waals surface area (Å²) in [5.41, 5.74) is -1.31. The number of hydrogen-bond acceptors (Lipinski definition) is 8. The van der Waals surface area contributed by atoms with Crippen LogP contribution in [0.4, 0.5) is 0 Å². The molecule has 2 aromatic heterocycles. The van der Waals surface area contributed by atoms with Crippen LogP contribution in [0, 0.1) is 4.77 Å². The van der Waals surface area contributed by atoms with Gasteiger partial charge < -0.3 is 18.6 Å². The second kappa shape index (κ2) is 9.36. The summed E-state index contributed by atoms with van der Waals surface area (Å²) in [7, 11) is 2.95. The number of carbonyl (C=O) groups excluding carboxylic acids is 1. The smallest absolute Gasteiger partial charge is 0.352 e. The molecule has 4 aromatic rings. The lowest BCUT2D eigenvalue weighted by Crippen LogP contribution is -2.27. The molecule has 4 rings (SSSR count). The average molecular weight is 480 g/mol. The summed E-state index contributed by atoms with van der Waals surface area (Å²) in [5.74, 6) is -0.0837. The van der Waals surface area contributed by atoms with Crippen LogP contribution < -0.4 is 20.7 Å². The Morgan fingerprint density at radius 3 is 2.06 bits per heavy atom. The zero-order chi connectivity index (χ0) is 24.4. The topological polar surface area (TPSA) is 102 Å². The van der Waals surface area contributed by atoms with Crippen molar-refractivity contribution in [1.29, 1.82) is 0 Å². The van der Waals surface area contributed by atoms with Crippen LogP contribution in [0.5, 0.6) is 11.5 Å². The van der Waals surface area contributed by atoms with Gasteiger partial charge in [0.25, 0.3) is 5.56 Å². The number of hydrogen-bond donors (Lipinski definition) is 0. The van der Waals surface area contributed by atoms with E-state index in [9.17, 15) is 14.4 Å². The minimum atomic E-state index is -0.960. The largest absolute Gasteiger partial charge is 0.495 e. The molecule has 0 radical (unpaired) electrons. The second-order valence-electron chi connectivity index (χ2n) is 6.99. The lowest BCUT2D eigenvalue weighted by atomic mass is 10.2. The van der Waals surface area contributed by atoms with Crippen molar-refractivity contribution in [2.75, 3.05) is 20.8 Å². The highest BCUT2D eigenvalue weighted by atomic mass is 32.1. The van der Waals surface area contributed by atoms with E-state index in [0.717, 1.165) is 6.07 Å². The third kappa shape index (κ3) is 3.77. The summed E-state index contributed by atoms with van der Waals surface area (Å²) >= 11 is 5.72. The molecule has 2 heterocycles. The Labute approximate surface area is 198 Å². The molecule has 2 aromatic carbocycles. The molecule has 0 spiro atoms. The number of para-hydroxylation sites is 4. The van der Waals surface area contributed by atoms with Gasteiger partial charge in [0, 0.05) is 0 Å². The molecule has 0 N–H and O–H groups in total. The highest BCUT2D eigenvalue weighted by Gasteiger charge is 2.23. The molecule has 174 valence electrons. The first-order valence-corrected chi connectivity index (χ1v) is 10.6. The number of ether oxygens (including phenoxy) is 3. The first kappa shape index (κ1) is 23.0. The van der Waals surface area contributed by atoms with Crippen LogP contribution in [0.25, 0.3) is 22.5 Å². The molecule has 9 nitrogen and oxygen atoms in total. The first-order valence-electron chi connectivity index (χ1n) is 10.2. The maximum absolute atomic E-state index is 13.7. The predicted molar refractivity (Wildman–Crippen MR) is 127 cm³/mol. The number of fused-ring (bicyclic) bond motifs is 1. The van der Waals surface area contributed by atoms with Crippen molar-refractivity contribution >= 4 is 29.3 Å². The minimum absolute atomic E-state index is 0.00136. The van der Waals surface area contributed by atoms with E-state index < -0.39 is 22.7 Å². The van der Waals surface area contributed by atoms with Gasteiger partial charge in [-0.1, -0.05) is 24.3 Å². The van der Waals surface area contributed by atoms with Gasteiger partial charge in [0.05, 0.1) is 32.2 Å². The van der Waals surface area contributed by atoms with Crippen LogP contribution in [0.15, 0.2) is 68.6 Å². The molecule has 34 heavy (non-hydrogen) atoms. The van der Waals surface area contributed by atoms with Crippen molar-refractivity contribution in [3.8, 4) is 22.9 Å². The third-order valence-corrected chi connectivity index (χ3v) is 5.46. The highest BCUT2D eigenvalue weighted by Crippen LogP contribution is 2.28. The fraction of sp³-hybridized carbons (Fsp3) is 0.167. The van der Waals surface area contributed by atoms with E-state index in [1.807, 2.05) is 0 Å². The van der Waals surface area contributed by atoms with Gasteiger partial charge >= 0.3 is 11.6 Å².